The van der Waals surface area contributed by atoms with Crippen molar-refractivity contribution < 1.29 is 13.2 Å². The zero-order chi connectivity index (χ0) is 22.4. The maximum absolute atomic E-state index is 12.4. The van der Waals surface area contributed by atoms with Crippen molar-refractivity contribution in [1.82, 2.24) is 10.0 Å². The van der Waals surface area contributed by atoms with Gasteiger partial charge in [0.05, 0.1) is 4.90 Å². The van der Waals surface area contributed by atoms with Crippen LogP contribution in [0.2, 0.25) is 0 Å². The fourth-order valence-electron chi connectivity index (χ4n) is 3.48. The van der Waals surface area contributed by atoms with Gasteiger partial charge >= 0.3 is 0 Å². The Morgan fingerprint density at radius 1 is 0.875 bits per heavy atom. The van der Waals surface area contributed by atoms with Gasteiger partial charge in [0, 0.05) is 24.6 Å². The average Bonchev–Trinajstić information content (AvgIpc) is 3.63. The predicted molar refractivity (Wildman–Crippen MR) is 127 cm³/mol. The Bertz CT molecular complexity index is 1130. The summed E-state index contributed by atoms with van der Waals surface area (Å²) in [6, 6.07) is 26.8. The van der Waals surface area contributed by atoms with Crippen molar-refractivity contribution in [2.75, 3.05) is 6.54 Å². The van der Waals surface area contributed by atoms with Crippen LogP contribution in [0.3, 0.4) is 0 Å². The Hall–Kier alpha value is -3.22. The van der Waals surface area contributed by atoms with E-state index in [2.05, 4.69) is 34.3 Å². The van der Waals surface area contributed by atoms with E-state index in [1.54, 1.807) is 30.3 Å². The SMILES string of the molecule is O=C(C=Cc1ccc(S(=O)(=O)NC2CC2)cc1)NCC(c1ccccc1)c1ccccc1. The highest BCUT2D eigenvalue weighted by Gasteiger charge is 2.27. The number of sulfonamides is 1. The molecule has 6 heteroatoms. The summed E-state index contributed by atoms with van der Waals surface area (Å²) in [5.74, 6) is -0.146. The molecule has 3 aromatic carbocycles. The number of rotatable bonds is 9. The summed E-state index contributed by atoms with van der Waals surface area (Å²) < 4.78 is 27.2. The van der Waals surface area contributed by atoms with E-state index in [4.69, 9.17) is 0 Å². The molecule has 0 radical (unpaired) electrons. The van der Waals surface area contributed by atoms with Crippen molar-refractivity contribution in [3.05, 3.63) is 108 Å². The van der Waals surface area contributed by atoms with E-state index in [-0.39, 0.29) is 22.8 Å². The van der Waals surface area contributed by atoms with E-state index in [1.807, 2.05) is 36.4 Å². The standard InChI is InChI=1S/C26H26N2O3S/c29-26(18-13-20-11-16-24(17-12-20)32(30,31)28-23-14-15-23)27-19-25(21-7-3-1-4-8-21)22-9-5-2-6-10-22/h1-13,16-18,23,25,28H,14-15,19H2,(H,27,29). The number of amides is 1. The zero-order valence-corrected chi connectivity index (χ0v) is 18.5. The number of nitrogens with one attached hydrogen (secondary N) is 2. The van der Waals surface area contributed by atoms with Crippen LogP contribution in [0.5, 0.6) is 0 Å². The van der Waals surface area contributed by atoms with Gasteiger partial charge in [-0.25, -0.2) is 13.1 Å². The molecule has 5 nitrogen and oxygen atoms in total. The molecule has 0 aliphatic heterocycles. The summed E-state index contributed by atoms with van der Waals surface area (Å²) in [5, 5.41) is 2.98. The molecule has 4 rings (SSSR count). The van der Waals surface area contributed by atoms with Crippen molar-refractivity contribution in [1.29, 1.82) is 0 Å². The van der Waals surface area contributed by atoms with Gasteiger partial charge in [-0.1, -0.05) is 72.8 Å². The monoisotopic (exact) mass is 446 g/mol. The lowest BCUT2D eigenvalue weighted by molar-refractivity contribution is -0.116. The van der Waals surface area contributed by atoms with Crippen LogP contribution in [0.1, 0.15) is 35.4 Å². The molecule has 0 bridgehead atoms. The van der Waals surface area contributed by atoms with Crippen molar-refractivity contribution in [3.63, 3.8) is 0 Å². The Labute approximate surface area is 189 Å². The molecule has 1 aliphatic carbocycles. The molecular formula is C26H26N2O3S. The summed E-state index contributed by atoms with van der Waals surface area (Å²) >= 11 is 0. The molecule has 1 fully saturated rings. The largest absolute Gasteiger partial charge is 0.352 e. The minimum Gasteiger partial charge on any atom is -0.352 e. The van der Waals surface area contributed by atoms with Crippen LogP contribution in [0.4, 0.5) is 0 Å². The first-order chi connectivity index (χ1) is 15.5. The van der Waals surface area contributed by atoms with Crippen molar-refractivity contribution in [3.8, 4) is 0 Å². The Morgan fingerprint density at radius 3 is 1.97 bits per heavy atom. The molecular weight excluding hydrogens is 420 g/mol. The molecule has 164 valence electrons. The minimum atomic E-state index is -3.47. The highest BCUT2D eigenvalue weighted by atomic mass is 32.2. The quantitative estimate of drug-likeness (QED) is 0.486. The van der Waals surface area contributed by atoms with Crippen molar-refractivity contribution in [2.45, 2.75) is 29.7 Å². The predicted octanol–water partition coefficient (Wildman–Crippen LogP) is 4.09. The summed E-state index contributed by atoms with van der Waals surface area (Å²) in [6.45, 7) is 0.473. The molecule has 0 saturated heterocycles. The van der Waals surface area contributed by atoms with Crippen LogP contribution < -0.4 is 10.0 Å². The van der Waals surface area contributed by atoms with Crippen LogP contribution in [0, 0.1) is 0 Å². The highest BCUT2D eigenvalue weighted by Crippen LogP contribution is 2.24. The first kappa shape index (κ1) is 22.0. The topological polar surface area (TPSA) is 75.3 Å². The lowest BCUT2D eigenvalue weighted by atomic mass is 9.91. The lowest BCUT2D eigenvalue weighted by Crippen LogP contribution is -2.27. The molecule has 0 heterocycles. The molecule has 1 saturated carbocycles. The normalized spacial score (nSPS) is 14.0. The second kappa shape index (κ2) is 9.94. The molecule has 3 aromatic rings. The third-order valence-corrected chi connectivity index (χ3v) is 6.94. The van der Waals surface area contributed by atoms with E-state index in [0.717, 1.165) is 29.5 Å². The third-order valence-electron chi connectivity index (χ3n) is 5.40. The maximum Gasteiger partial charge on any atom is 0.244 e. The van der Waals surface area contributed by atoms with Crippen LogP contribution in [-0.2, 0) is 14.8 Å². The second-order valence-electron chi connectivity index (χ2n) is 7.92. The van der Waals surface area contributed by atoms with E-state index < -0.39 is 10.0 Å². The highest BCUT2D eigenvalue weighted by molar-refractivity contribution is 7.89. The van der Waals surface area contributed by atoms with Crippen LogP contribution in [0.25, 0.3) is 6.08 Å². The molecule has 1 amide bonds. The zero-order valence-electron chi connectivity index (χ0n) is 17.6. The van der Waals surface area contributed by atoms with Gasteiger partial charge in [0.15, 0.2) is 0 Å². The number of hydrogen-bond donors (Lipinski definition) is 2. The van der Waals surface area contributed by atoms with Gasteiger partial charge in [-0.3, -0.25) is 4.79 Å². The molecule has 0 aromatic heterocycles. The van der Waals surface area contributed by atoms with E-state index in [0.29, 0.717) is 6.54 Å². The molecule has 0 unspecified atom stereocenters. The Balaban J connectivity index is 1.38. The van der Waals surface area contributed by atoms with Gasteiger partial charge < -0.3 is 5.32 Å². The van der Waals surface area contributed by atoms with Gasteiger partial charge in [-0.05, 0) is 47.7 Å². The number of benzene rings is 3. The molecule has 2 N–H and O–H groups in total. The molecule has 0 spiro atoms. The lowest BCUT2D eigenvalue weighted by Gasteiger charge is -2.18. The van der Waals surface area contributed by atoms with Crippen LogP contribution in [-0.4, -0.2) is 26.9 Å². The fraction of sp³-hybridized carbons (Fsp3) is 0.192. The van der Waals surface area contributed by atoms with Gasteiger partial charge in [-0.15, -0.1) is 0 Å². The van der Waals surface area contributed by atoms with Crippen LogP contribution >= 0.6 is 0 Å². The first-order valence-electron chi connectivity index (χ1n) is 10.7. The first-order valence-corrected chi connectivity index (χ1v) is 12.2. The average molecular weight is 447 g/mol. The summed E-state index contributed by atoms with van der Waals surface area (Å²) in [7, 11) is -3.47. The van der Waals surface area contributed by atoms with Gasteiger partial charge in [0.2, 0.25) is 15.9 Å². The third kappa shape index (κ3) is 5.93. The van der Waals surface area contributed by atoms with Gasteiger partial charge in [0.1, 0.15) is 0 Å². The van der Waals surface area contributed by atoms with E-state index in [9.17, 15) is 13.2 Å². The fourth-order valence-corrected chi connectivity index (χ4v) is 4.78. The van der Waals surface area contributed by atoms with Gasteiger partial charge in [0.25, 0.3) is 0 Å². The number of carbonyl (C=O) groups excluding carboxylic acids is 1. The number of carbonyl (C=O) groups is 1. The summed E-state index contributed by atoms with van der Waals surface area (Å²) in [5.41, 5.74) is 3.03. The Morgan fingerprint density at radius 2 is 1.44 bits per heavy atom. The summed E-state index contributed by atoms with van der Waals surface area (Å²) in [6.07, 6.45) is 4.94. The number of hydrogen-bond acceptors (Lipinski definition) is 3. The smallest absolute Gasteiger partial charge is 0.244 e. The second-order valence-corrected chi connectivity index (χ2v) is 9.63. The van der Waals surface area contributed by atoms with E-state index >= 15 is 0 Å². The molecule has 1 aliphatic rings. The Kier molecular flexibility index (Phi) is 6.83. The van der Waals surface area contributed by atoms with Crippen molar-refractivity contribution in [2.24, 2.45) is 0 Å². The minimum absolute atomic E-state index is 0.0539. The van der Waals surface area contributed by atoms with Crippen molar-refractivity contribution >= 4 is 22.0 Å². The van der Waals surface area contributed by atoms with Crippen LogP contribution in [0.15, 0.2) is 95.9 Å². The maximum atomic E-state index is 12.4. The van der Waals surface area contributed by atoms with E-state index in [1.165, 1.54) is 6.08 Å². The summed E-state index contributed by atoms with van der Waals surface area (Å²) in [4.78, 5) is 12.7. The molecule has 32 heavy (non-hydrogen) atoms. The molecule has 0 atom stereocenters. The van der Waals surface area contributed by atoms with Gasteiger partial charge in [-0.2, -0.15) is 0 Å².